The third-order valence-electron chi connectivity index (χ3n) is 1.89. The Morgan fingerprint density at radius 1 is 1.55 bits per heavy atom. The van der Waals surface area contributed by atoms with Crippen molar-refractivity contribution in [2.45, 2.75) is 31.8 Å². The summed E-state index contributed by atoms with van der Waals surface area (Å²) in [6.45, 7) is 4.08. The molecule has 0 spiro atoms. The minimum absolute atomic E-state index is 0.230. The Bertz CT molecular complexity index is 104. The van der Waals surface area contributed by atoms with Gasteiger partial charge in [0.2, 0.25) is 0 Å². The van der Waals surface area contributed by atoms with Gasteiger partial charge in [-0.25, -0.2) is 0 Å². The average molecular weight is 158 g/mol. The van der Waals surface area contributed by atoms with E-state index in [0.717, 1.165) is 12.6 Å². The van der Waals surface area contributed by atoms with Crippen LogP contribution in [-0.4, -0.2) is 36.9 Å². The summed E-state index contributed by atoms with van der Waals surface area (Å²) in [5.74, 6) is 0. The van der Waals surface area contributed by atoms with E-state index in [1.807, 2.05) is 0 Å². The first kappa shape index (κ1) is 8.97. The summed E-state index contributed by atoms with van der Waals surface area (Å²) in [4.78, 5) is 0. The lowest BCUT2D eigenvalue weighted by Gasteiger charge is -2.12. The van der Waals surface area contributed by atoms with Crippen LogP contribution in [-0.2, 0) is 0 Å². The molecule has 0 heterocycles. The normalized spacial score (nSPS) is 20.2. The summed E-state index contributed by atoms with van der Waals surface area (Å²) in [5.41, 5.74) is 0. The van der Waals surface area contributed by atoms with Crippen LogP contribution in [0.25, 0.3) is 0 Å². The summed E-state index contributed by atoms with van der Waals surface area (Å²) in [6, 6.07) is 1.26. The molecule has 0 saturated heterocycles. The maximum Gasteiger partial charge on any atom is 0.0556 e. The van der Waals surface area contributed by atoms with Crippen LogP contribution in [0.1, 0.15) is 19.8 Å². The number of aliphatic hydroxyl groups excluding tert-OH is 1. The Morgan fingerprint density at radius 2 is 2.27 bits per heavy atom. The van der Waals surface area contributed by atoms with E-state index in [0.29, 0.717) is 12.6 Å². The van der Waals surface area contributed by atoms with Crippen LogP contribution in [0.15, 0.2) is 0 Å². The fourth-order valence-electron chi connectivity index (χ4n) is 1.01. The van der Waals surface area contributed by atoms with Crippen LogP contribution in [0.4, 0.5) is 0 Å². The first-order valence-corrected chi connectivity index (χ1v) is 4.40. The number of hydrogen-bond acceptors (Lipinski definition) is 3. The van der Waals surface area contributed by atoms with E-state index in [-0.39, 0.29) is 6.61 Å². The van der Waals surface area contributed by atoms with E-state index < -0.39 is 0 Å². The van der Waals surface area contributed by atoms with Crippen molar-refractivity contribution in [1.82, 2.24) is 10.6 Å². The molecule has 0 amide bonds. The molecule has 0 aromatic heterocycles. The van der Waals surface area contributed by atoms with E-state index in [4.69, 9.17) is 5.11 Å². The van der Waals surface area contributed by atoms with Crippen LogP contribution in [0.2, 0.25) is 0 Å². The van der Waals surface area contributed by atoms with E-state index >= 15 is 0 Å². The van der Waals surface area contributed by atoms with Gasteiger partial charge < -0.3 is 15.7 Å². The Balaban J connectivity index is 1.87. The Morgan fingerprint density at radius 3 is 2.82 bits per heavy atom. The maximum absolute atomic E-state index is 8.52. The van der Waals surface area contributed by atoms with Crippen LogP contribution in [0, 0.1) is 0 Å². The van der Waals surface area contributed by atoms with Gasteiger partial charge >= 0.3 is 0 Å². The highest BCUT2D eigenvalue weighted by atomic mass is 16.3. The largest absolute Gasteiger partial charge is 0.395 e. The third-order valence-corrected chi connectivity index (χ3v) is 1.89. The Labute approximate surface area is 68.2 Å². The lowest BCUT2D eigenvalue weighted by Crippen LogP contribution is -2.38. The van der Waals surface area contributed by atoms with Gasteiger partial charge in [0.25, 0.3) is 0 Å². The second kappa shape index (κ2) is 4.70. The molecule has 0 bridgehead atoms. The Kier molecular flexibility index (Phi) is 3.83. The van der Waals surface area contributed by atoms with E-state index in [1.165, 1.54) is 12.8 Å². The molecule has 0 aromatic carbocycles. The fraction of sp³-hybridized carbons (Fsp3) is 1.00. The smallest absolute Gasteiger partial charge is 0.0556 e. The highest BCUT2D eigenvalue weighted by Crippen LogP contribution is 2.18. The minimum Gasteiger partial charge on any atom is -0.395 e. The molecule has 0 radical (unpaired) electrons. The van der Waals surface area contributed by atoms with E-state index in [1.54, 1.807) is 0 Å². The predicted octanol–water partition coefficient (Wildman–Crippen LogP) is -0.291. The summed E-state index contributed by atoms with van der Waals surface area (Å²) in [7, 11) is 0. The number of aliphatic hydroxyl groups is 1. The zero-order valence-corrected chi connectivity index (χ0v) is 7.14. The van der Waals surface area contributed by atoms with Gasteiger partial charge in [0.05, 0.1) is 6.61 Å². The third kappa shape index (κ3) is 4.35. The van der Waals surface area contributed by atoms with Gasteiger partial charge in [-0.3, -0.25) is 0 Å². The fourth-order valence-corrected chi connectivity index (χ4v) is 1.01. The summed E-state index contributed by atoms with van der Waals surface area (Å²) in [5, 5.41) is 15.1. The minimum atomic E-state index is 0.230. The molecule has 11 heavy (non-hydrogen) atoms. The second-order valence-corrected chi connectivity index (χ2v) is 3.26. The molecule has 0 aliphatic heterocycles. The molecule has 1 aliphatic rings. The standard InChI is InChI=1S/C8H18N2O/c1-7(9-4-5-11)6-10-8-2-3-8/h7-11H,2-6H2,1H3. The molecule has 1 atom stereocenters. The summed E-state index contributed by atoms with van der Waals surface area (Å²) >= 11 is 0. The quantitative estimate of drug-likeness (QED) is 0.497. The SMILES string of the molecule is CC(CNC1CC1)NCCO. The molecule has 3 heteroatoms. The van der Waals surface area contributed by atoms with Gasteiger partial charge in [-0.05, 0) is 19.8 Å². The molecule has 1 rings (SSSR count). The number of nitrogens with one attached hydrogen (secondary N) is 2. The van der Waals surface area contributed by atoms with Crippen molar-refractivity contribution in [1.29, 1.82) is 0 Å². The summed E-state index contributed by atoms with van der Waals surface area (Å²) in [6.07, 6.45) is 2.68. The highest BCUT2D eigenvalue weighted by Gasteiger charge is 2.20. The first-order chi connectivity index (χ1) is 5.33. The predicted molar refractivity (Wildman–Crippen MR) is 45.6 cm³/mol. The molecule has 3 N–H and O–H groups in total. The van der Waals surface area contributed by atoms with Gasteiger partial charge in [-0.1, -0.05) is 0 Å². The van der Waals surface area contributed by atoms with Crippen molar-refractivity contribution in [3.63, 3.8) is 0 Å². The maximum atomic E-state index is 8.52. The molecule has 0 aromatic rings. The van der Waals surface area contributed by atoms with Crippen molar-refractivity contribution >= 4 is 0 Å². The van der Waals surface area contributed by atoms with Crippen molar-refractivity contribution in [2.75, 3.05) is 19.7 Å². The van der Waals surface area contributed by atoms with Gasteiger partial charge in [-0.15, -0.1) is 0 Å². The zero-order chi connectivity index (χ0) is 8.10. The molecule has 1 fully saturated rings. The highest BCUT2D eigenvalue weighted by molar-refractivity contribution is 4.82. The van der Waals surface area contributed by atoms with E-state index in [2.05, 4.69) is 17.6 Å². The van der Waals surface area contributed by atoms with Gasteiger partial charge in [0.1, 0.15) is 0 Å². The van der Waals surface area contributed by atoms with Crippen molar-refractivity contribution in [3.05, 3.63) is 0 Å². The molecule has 1 aliphatic carbocycles. The van der Waals surface area contributed by atoms with Crippen molar-refractivity contribution in [2.24, 2.45) is 0 Å². The zero-order valence-electron chi connectivity index (χ0n) is 7.14. The van der Waals surface area contributed by atoms with Crippen molar-refractivity contribution < 1.29 is 5.11 Å². The molecule has 66 valence electrons. The molecule has 1 unspecified atom stereocenters. The van der Waals surface area contributed by atoms with Crippen LogP contribution < -0.4 is 10.6 Å². The average Bonchev–Trinajstić information content (AvgIpc) is 2.80. The van der Waals surface area contributed by atoms with Crippen LogP contribution in [0.5, 0.6) is 0 Å². The number of hydrogen-bond donors (Lipinski definition) is 3. The molecular formula is C8H18N2O. The first-order valence-electron chi connectivity index (χ1n) is 4.40. The second-order valence-electron chi connectivity index (χ2n) is 3.26. The molecule has 3 nitrogen and oxygen atoms in total. The number of rotatable bonds is 6. The van der Waals surface area contributed by atoms with Gasteiger partial charge in [0.15, 0.2) is 0 Å². The van der Waals surface area contributed by atoms with Crippen molar-refractivity contribution in [3.8, 4) is 0 Å². The molecule has 1 saturated carbocycles. The van der Waals surface area contributed by atoms with Gasteiger partial charge in [0, 0.05) is 25.2 Å². The molecular weight excluding hydrogens is 140 g/mol. The Hall–Kier alpha value is -0.120. The lowest BCUT2D eigenvalue weighted by atomic mass is 10.3. The van der Waals surface area contributed by atoms with Gasteiger partial charge in [-0.2, -0.15) is 0 Å². The topological polar surface area (TPSA) is 44.3 Å². The lowest BCUT2D eigenvalue weighted by molar-refractivity contribution is 0.285. The monoisotopic (exact) mass is 158 g/mol. The van der Waals surface area contributed by atoms with Crippen LogP contribution >= 0.6 is 0 Å². The van der Waals surface area contributed by atoms with E-state index in [9.17, 15) is 0 Å². The summed E-state index contributed by atoms with van der Waals surface area (Å²) < 4.78 is 0. The van der Waals surface area contributed by atoms with Crippen LogP contribution in [0.3, 0.4) is 0 Å².